The molecule has 8 heteroatoms. The second-order valence-electron chi connectivity index (χ2n) is 12.2. The van der Waals surface area contributed by atoms with Gasteiger partial charge in [0.2, 0.25) is 0 Å². The Balaban J connectivity index is 3.93. The van der Waals surface area contributed by atoms with Gasteiger partial charge in [0.25, 0.3) is 7.82 Å². The minimum Gasteiger partial charge on any atom is -0.756 e. The van der Waals surface area contributed by atoms with Crippen molar-refractivity contribution in [3.05, 3.63) is 36.6 Å². The van der Waals surface area contributed by atoms with E-state index in [0.717, 1.165) is 51.4 Å². The van der Waals surface area contributed by atoms with Crippen LogP contribution in [0.25, 0.3) is 0 Å². The predicted octanol–water partition coefficient (Wildman–Crippen LogP) is 10.8. The number of carbonyl (C=O) groups is 1. The topological polar surface area (TPSA) is 105 Å². The number of phosphoric ester groups is 1. The van der Waals surface area contributed by atoms with Gasteiger partial charge >= 0.3 is 5.97 Å². The Labute approximate surface area is 276 Å². The average Bonchev–Trinajstić information content (AvgIpc) is 3.01. The molecule has 0 aliphatic carbocycles. The van der Waals surface area contributed by atoms with Crippen LogP contribution in [0.4, 0.5) is 0 Å². The summed E-state index contributed by atoms with van der Waals surface area (Å²) in [6, 6.07) is 0. The van der Waals surface area contributed by atoms with Crippen LogP contribution in [0.3, 0.4) is 0 Å². The third-order valence-electron chi connectivity index (χ3n) is 7.75. The molecular formula is C37H68O7P-. The third kappa shape index (κ3) is 36.9. The number of unbranched alkanes of at least 4 members (excludes halogenated alkanes) is 20. The quantitative estimate of drug-likeness (QED) is 0.0242. The molecule has 1 N–H and O–H groups in total. The number of carbonyl (C=O) groups excluding carboxylic acids is 1. The van der Waals surface area contributed by atoms with Crippen LogP contribution in [-0.4, -0.2) is 30.2 Å². The van der Waals surface area contributed by atoms with Crippen LogP contribution in [0.15, 0.2) is 36.6 Å². The minimum atomic E-state index is -4.92. The summed E-state index contributed by atoms with van der Waals surface area (Å²) in [5.74, 6) is -0.419. The van der Waals surface area contributed by atoms with Crippen molar-refractivity contribution in [2.24, 2.45) is 0 Å². The van der Waals surface area contributed by atoms with Gasteiger partial charge in [-0.3, -0.25) is 9.36 Å². The first kappa shape index (κ1) is 43.6. The third-order valence-corrected chi connectivity index (χ3v) is 8.23. The van der Waals surface area contributed by atoms with Crippen molar-refractivity contribution in [2.75, 3.05) is 13.2 Å². The standard InChI is InChI=1S/C37H69O7P/c1-3-5-7-9-11-13-15-17-19-20-22-24-26-28-30-32-37(38)44-36(35-43-45(39,40)41)34-42-33-31-29-27-25-23-21-18-16-14-12-10-8-6-4-2/h11,13,17,19,31,33,36H,3-10,12,14-16,18,20-30,32,34-35H2,1-2H3,(H2,39,40,41)/p-1/b13-11-,19-17-,33-31-/t36-/m1/s1. The van der Waals surface area contributed by atoms with Gasteiger partial charge < -0.3 is 23.8 Å². The summed E-state index contributed by atoms with van der Waals surface area (Å²) >= 11 is 0. The Bertz CT molecular complexity index is 775. The summed E-state index contributed by atoms with van der Waals surface area (Å²) in [4.78, 5) is 32.3. The van der Waals surface area contributed by atoms with Crippen LogP contribution in [0, 0.1) is 0 Å². The van der Waals surface area contributed by atoms with Crippen LogP contribution in [0.1, 0.15) is 174 Å². The molecule has 0 aliphatic rings. The number of ether oxygens (including phenoxy) is 2. The zero-order chi connectivity index (χ0) is 33.1. The summed E-state index contributed by atoms with van der Waals surface area (Å²) in [5.41, 5.74) is 0. The molecule has 0 aromatic carbocycles. The SMILES string of the molecule is CCCCC/C=C\C/C=C\CCCCCCCC(=O)O[C@H](CO/C=C\CCCCCCCCCCCCCC)COP(=O)([O-])O. The van der Waals surface area contributed by atoms with Gasteiger partial charge in [-0.15, -0.1) is 0 Å². The van der Waals surface area contributed by atoms with Crippen LogP contribution in [0.2, 0.25) is 0 Å². The number of hydrogen-bond donors (Lipinski definition) is 1. The van der Waals surface area contributed by atoms with Gasteiger partial charge in [0.05, 0.1) is 12.9 Å². The Hall–Kier alpha value is -1.40. The lowest BCUT2D eigenvalue weighted by Gasteiger charge is -2.21. The second-order valence-corrected chi connectivity index (χ2v) is 13.4. The molecule has 0 fully saturated rings. The van der Waals surface area contributed by atoms with E-state index in [1.807, 2.05) is 6.08 Å². The Morgan fingerprint density at radius 2 is 1.09 bits per heavy atom. The first-order valence-electron chi connectivity index (χ1n) is 18.3. The molecule has 1 unspecified atom stereocenters. The summed E-state index contributed by atoms with van der Waals surface area (Å²) < 4.78 is 26.4. The van der Waals surface area contributed by atoms with Crippen LogP contribution < -0.4 is 4.89 Å². The highest BCUT2D eigenvalue weighted by Crippen LogP contribution is 2.30. The summed E-state index contributed by atoms with van der Waals surface area (Å²) in [6.45, 7) is 3.97. The van der Waals surface area contributed by atoms with Gasteiger partial charge in [0, 0.05) is 6.42 Å². The van der Waals surface area contributed by atoms with Crippen molar-refractivity contribution in [3.63, 3.8) is 0 Å². The molecular weight excluding hydrogens is 587 g/mol. The van der Waals surface area contributed by atoms with E-state index in [-0.39, 0.29) is 13.0 Å². The molecule has 0 aliphatic heterocycles. The van der Waals surface area contributed by atoms with Gasteiger partial charge in [-0.05, 0) is 57.4 Å². The average molecular weight is 656 g/mol. The molecule has 264 valence electrons. The van der Waals surface area contributed by atoms with E-state index < -0.39 is 26.5 Å². The van der Waals surface area contributed by atoms with Crippen LogP contribution >= 0.6 is 7.82 Å². The van der Waals surface area contributed by atoms with Crippen molar-refractivity contribution >= 4 is 13.8 Å². The molecule has 0 spiro atoms. The minimum absolute atomic E-state index is 0.0388. The van der Waals surface area contributed by atoms with Crippen molar-refractivity contribution in [3.8, 4) is 0 Å². The molecule has 0 aromatic rings. The second kappa shape index (κ2) is 33.9. The van der Waals surface area contributed by atoms with E-state index in [2.05, 4.69) is 42.7 Å². The maximum Gasteiger partial charge on any atom is 0.306 e. The van der Waals surface area contributed by atoms with Crippen molar-refractivity contribution in [1.82, 2.24) is 0 Å². The Kier molecular flexibility index (Phi) is 32.9. The molecule has 0 saturated heterocycles. The zero-order valence-electron chi connectivity index (χ0n) is 29.0. The fourth-order valence-corrected chi connectivity index (χ4v) is 5.38. The maximum atomic E-state index is 12.3. The Morgan fingerprint density at radius 1 is 0.644 bits per heavy atom. The molecule has 7 nitrogen and oxygen atoms in total. The molecule has 0 bridgehead atoms. The summed E-state index contributed by atoms with van der Waals surface area (Å²) in [7, 11) is -4.92. The normalized spacial score (nSPS) is 14.0. The fourth-order valence-electron chi connectivity index (χ4n) is 5.02. The molecule has 0 aromatic heterocycles. The van der Waals surface area contributed by atoms with Crippen LogP contribution in [0.5, 0.6) is 0 Å². The van der Waals surface area contributed by atoms with Gasteiger partial charge in [-0.2, -0.15) is 0 Å². The highest BCUT2D eigenvalue weighted by molar-refractivity contribution is 7.44. The summed E-state index contributed by atoms with van der Waals surface area (Å²) in [6.07, 6.45) is 40.5. The zero-order valence-corrected chi connectivity index (χ0v) is 29.9. The van der Waals surface area contributed by atoms with Crippen molar-refractivity contribution < 1.29 is 33.1 Å². The highest BCUT2D eigenvalue weighted by atomic mass is 31.2. The maximum absolute atomic E-state index is 12.3. The molecule has 0 rings (SSSR count). The number of allylic oxidation sites excluding steroid dienone is 5. The predicted molar refractivity (Wildman–Crippen MR) is 186 cm³/mol. The van der Waals surface area contributed by atoms with E-state index in [1.165, 1.54) is 96.3 Å². The van der Waals surface area contributed by atoms with E-state index in [1.54, 1.807) is 6.26 Å². The lowest BCUT2D eigenvalue weighted by Crippen LogP contribution is -2.28. The smallest absolute Gasteiger partial charge is 0.306 e. The molecule has 2 atom stereocenters. The lowest BCUT2D eigenvalue weighted by atomic mass is 10.0. The first-order valence-corrected chi connectivity index (χ1v) is 19.8. The molecule has 45 heavy (non-hydrogen) atoms. The molecule has 0 radical (unpaired) electrons. The molecule has 0 saturated carbocycles. The van der Waals surface area contributed by atoms with Crippen LogP contribution in [-0.2, 0) is 23.4 Å². The number of phosphoric acid groups is 1. The van der Waals surface area contributed by atoms with E-state index in [9.17, 15) is 14.3 Å². The largest absolute Gasteiger partial charge is 0.756 e. The van der Waals surface area contributed by atoms with Crippen molar-refractivity contribution in [2.45, 2.75) is 180 Å². The van der Waals surface area contributed by atoms with Gasteiger partial charge in [0.15, 0.2) is 6.10 Å². The van der Waals surface area contributed by atoms with Crippen molar-refractivity contribution in [1.29, 1.82) is 0 Å². The molecule has 0 heterocycles. The Morgan fingerprint density at radius 3 is 1.62 bits per heavy atom. The molecule has 0 amide bonds. The van der Waals surface area contributed by atoms with E-state index in [0.29, 0.717) is 6.42 Å². The van der Waals surface area contributed by atoms with Gasteiger partial charge in [-0.1, -0.05) is 141 Å². The monoisotopic (exact) mass is 655 g/mol. The van der Waals surface area contributed by atoms with E-state index >= 15 is 0 Å². The summed E-state index contributed by atoms with van der Waals surface area (Å²) in [5, 5.41) is 0. The highest BCUT2D eigenvalue weighted by Gasteiger charge is 2.17. The lowest BCUT2D eigenvalue weighted by molar-refractivity contribution is -0.222. The van der Waals surface area contributed by atoms with E-state index in [4.69, 9.17) is 14.4 Å². The van der Waals surface area contributed by atoms with Gasteiger partial charge in [-0.25, -0.2) is 0 Å². The first-order chi connectivity index (χ1) is 21.9. The number of hydrogen-bond acceptors (Lipinski definition) is 6. The number of esters is 1. The number of rotatable bonds is 34. The fraction of sp³-hybridized carbons (Fsp3) is 0.811. The van der Waals surface area contributed by atoms with Gasteiger partial charge in [0.1, 0.15) is 6.61 Å².